The van der Waals surface area contributed by atoms with Gasteiger partial charge in [0.25, 0.3) is 0 Å². The van der Waals surface area contributed by atoms with E-state index in [1.54, 1.807) is 19.2 Å². The molecule has 0 radical (unpaired) electrons. The lowest BCUT2D eigenvalue weighted by atomic mass is 10.2. The Hall–Kier alpha value is -2.64. The highest BCUT2D eigenvalue weighted by Crippen LogP contribution is 2.35. The highest BCUT2D eigenvalue weighted by atomic mass is 35.5. The fourth-order valence-corrected chi connectivity index (χ4v) is 3.81. The van der Waals surface area contributed by atoms with E-state index in [0.717, 1.165) is 26.1 Å². The summed E-state index contributed by atoms with van der Waals surface area (Å²) in [5, 5.41) is 4.16. The Morgan fingerprint density at radius 2 is 1.97 bits per heavy atom. The van der Waals surface area contributed by atoms with E-state index in [9.17, 15) is 4.39 Å². The van der Waals surface area contributed by atoms with Gasteiger partial charge in [-0.25, -0.2) is 14.4 Å². The van der Waals surface area contributed by atoms with Gasteiger partial charge in [0.1, 0.15) is 17.9 Å². The van der Waals surface area contributed by atoms with Gasteiger partial charge in [-0.15, -0.1) is 0 Å². The molecule has 1 saturated heterocycles. The van der Waals surface area contributed by atoms with Gasteiger partial charge in [0.2, 0.25) is 5.88 Å². The molecule has 0 amide bonds. The van der Waals surface area contributed by atoms with Gasteiger partial charge in [-0.05, 0) is 56.6 Å². The number of likely N-dealkylation sites (tertiary alicyclic amines) is 1. The molecule has 0 bridgehead atoms. The van der Waals surface area contributed by atoms with Gasteiger partial charge >= 0.3 is 0 Å². The number of anilines is 2. The van der Waals surface area contributed by atoms with Crippen LogP contribution in [0, 0.1) is 5.82 Å². The third-order valence-corrected chi connectivity index (χ3v) is 5.40. The van der Waals surface area contributed by atoms with Crippen LogP contribution in [-0.2, 0) is 0 Å². The SMILES string of the molecule is COc1ncnc2cc(OCCCN3CCCC3)c(Nc3ccc(Cl)cc3F)cc12. The van der Waals surface area contributed by atoms with Crippen LogP contribution in [0.1, 0.15) is 19.3 Å². The second kappa shape index (κ2) is 9.45. The molecule has 30 heavy (non-hydrogen) atoms. The fourth-order valence-electron chi connectivity index (χ4n) is 3.65. The first-order valence-electron chi connectivity index (χ1n) is 10.0. The summed E-state index contributed by atoms with van der Waals surface area (Å²) in [6, 6.07) is 8.14. The zero-order chi connectivity index (χ0) is 20.9. The first-order chi connectivity index (χ1) is 14.6. The molecule has 158 valence electrons. The maximum atomic E-state index is 14.4. The smallest absolute Gasteiger partial charge is 0.224 e. The molecule has 0 atom stereocenters. The van der Waals surface area contributed by atoms with E-state index in [1.165, 1.54) is 25.2 Å². The minimum Gasteiger partial charge on any atom is -0.491 e. The van der Waals surface area contributed by atoms with E-state index in [0.29, 0.717) is 45.5 Å². The van der Waals surface area contributed by atoms with Gasteiger partial charge in [-0.2, -0.15) is 0 Å². The van der Waals surface area contributed by atoms with E-state index in [2.05, 4.69) is 20.2 Å². The number of hydrogen-bond donors (Lipinski definition) is 1. The molecule has 6 nitrogen and oxygen atoms in total. The van der Waals surface area contributed by atoms with Crippen molar-refractivity contribution < 1.29 is 13.9 Å². The Bertz CT molecular complexity index is 1030. The number of ether oxygens (including phenoxy) is 2. The van der Waals surface area contributed by atoms with E-state index < -0.39 is 5.82 Å². The summed E-state index contributed by atoms with van der Waals surface area (Å²) < 4.78 is 25.8. The zero-order valence-corrected chi connectivity index (χ0v) is 17.6. The van der Waals surface area contributed by atoms with Crippen LogP contribution in [0.2, 0.25) is 5.02 Å². The van der Waals surface area contributed by atoms with E-state index in [1.807, 2.05) is 12.1 Å². The molecule has 0 aliphatic carbocycles. The molecular weight excluding hydrogens is 407 g/mol. The van der Waals surface area contributed by atoms with Crippen LogP contribution >= 0.6 is 11.6 Å². The van der Waals surface area contributed by atoms with Crippen molar-refractivity contribution in [1.29, 1.82) is 0 Å². The van der Waals surface area contributed by atoms with Crippen molar-refractivity contribution in [2.24, 2.45) is 0 Å². The maximum Gasteiger partial charge on any atom is 0.224 e. The molecule has 3 aromatic rings. The van der Waals surface area contributed by atoms with E-state index in [-0.39, 0.29) is 0 Å². The van der Waals surface area contributed by atoms with E-state index in [4.69, 9.17) is 21.1 Å². The van der Waals surface area contributed by atoms with Crippen LogP contribution in [0.3, 0.4) is 0 Å². The largest absolute Gasteiger partial charge is 0.491 e. The topological polar surface area (TPSA) is 59.5 Å². The summed E-state index contributed by atoms with van der Waals surface area (Å²) in [4.78, 5) is 10.9. The molecule has 2 aromatic carbocycles. The Kier molecular flexibility index (Phi) is 6.50. The van der Waals surface area contributed by atoms with Crippen molar-refractivity contribution >= 4 is 33.9 Å². The molecule has 2 heterocycles. The number of benzene rings is 2. The van der Waals surface area contributed by atoms with Gasteiger partial charge < -0.3 is 19.7 Å². The predicted molar refractivity (Wildman–Crippen MR) is 117 cm³/mol. The van der Waals surface area contributed by atoms with Crippen LogP contribution in [0.4, 0.5) is 15.8 Å². The van der Waals surface area contributed by atoms with Crippen molar-refractivity contribution in [3.8, 4) is 11.6 Å². The number of nitrogens with zero attached hydrogens (tertiary/aromatic N) is 3. The first-order valence-corrected chi connectivity index (χ1v) is 10.4. The second-order valence-electron chi connectivity index (χ2n) is 7.25. The summed E-state index contributed by atoms with van der Waals surface area (Å²) in [7, 11) is 1.55. The van der Waals surface area contributed by atoms with Crippen molar-refractivity contribution in [3.05, 3.63) is 47.5 Å². The van der Waals surface area contributed by atoms with Crippen molar-refractivity contribution in [2.45, 2.75) is 19.3 Å². The third-order valence-electron chi connectivity index (χ3n) is 5.17. The lowest BCUT2D eigenvalue weighted by Crippen LogP contribution is -2.22. The monoisotopic (exact) mass is 430 g/mol. The molecular formula is C22H24ClFN4O2. The molecule has 0 spiro atoms. The number of fused-ring (bicyclic) bond motifs is 1. The lowest BCUT2D eigenvalue weighted by Gasteiger charge is -2.17. The lowest BCUT2D eigenvalue weighted by molar-refractivity contribution is 0.264. The van der Waals surface area contributed by atoms with Crippen LogP contribution in [0.5, 0.6) is 11.6 Å². The molecule has 1 N–H and O–H groups in total. The van der Waals surface area contributed by atoms with Crippen LogP contribution < -0.4 is 14.8 Å². The number of aromatic nitrogens is 2. The Morgan fingerprint density at radius 1 is 1.13 bits per heavy atom. The van der Waals surface area contributed by atoms with Gasteiger partial charge in [0.05, 0.1) is 36.0 Å². The summed E-state index contributed by atoms with van der Waals surface area (Å²) in [5.74, 6) is 0.595. The quantitative estimate of drug-likeness (QED) is 0.505. The highest BCUT2D eigenvalue weighted by molar-refractivity contribution is 6.30. The minimum atomic E-state index is -0.446. The van der Waals surface area contributed by atoms with Gasteiger partial charge in [0, 0.05) is 17.6 Å². The number of rotatable bonds is 8. The minimum absolute atomic E-state index is 0.302. The maximum absolute atomic E-state index is 14.4. The molecule has 8 heteroatoms. The number of halogens is 2. The van der Waals surface area contributed by atoms with Gasteiger partial charge in [-0.1, -0.05) is 11.6 Å². The standard InChI is InChI=1S/C22H24ClFN4O2/c1-29-22-16-12-20(27-18-6-5-15(23)11-17(18)24)21(13-19(16)25-14-26-22)30-10-4-9-28-7-2-3-8-28/h5-6,11-14,27H,2-4,7-10H2,1H3. The average Bonchev–Trinajstić information content (AvgIpc) is 3.26. The number of methoxy groups -OCH3 is 1. The zero-order valence-electron chi connectivity index (χ0n) is 16.8. The highest BCUT2D eigenvalue weighted by Gasteiger charge is 2.15. The third kappa shape index (κ3) is 4.74. The second-order valence-corrected chi connectivity index (χ2v) is 7.68. The molecule has 4 rings (SSSR count). The molecule has 1 fully saturated rings. The Labute approximate surface area is 180 Å². The summed E-state index contributed by atoms with van der Waals surface area (Å²) in [6.07, 6.45) is 4.91. The van der Waals surface area contributed by atoms with Gasteiger partial charge in [0.15, 0.2) is 0 Å². The molecule has 1 aliphatic rings. The first kappa shape index (κ1) is 20.6. The van der Waals surface area contributed by atoms with Crippen LogP contribution in [0.15, 0.2) is 36.7 Å². The Morgan fingerprint density at radius 3 is 2.73 bits per heavy atom. The number of nitrogens with one attached hydrogen (secondary N) is 1. The summed E-state index contributed by atoms with van der Waals surface area (Å²) in [6.45, 7) is 3.89. The number of hydrogen-bond acceptors (Lipinski definition) is 6. The predicted octanol–water partition coefficient (Wildman–Crippen LogP) is 5.04. The fraction of sp³-hybridized carbons (Fsp3) is 0.364. The van der Waals surface area contributed by atoms with Gasteiger partial charge in [-0.3, -0.25) is 0 Å². The molecule has 1 aromatic heterocycles. The average molecular weight is 431 g/mol. The van der Waals surface area contributed by atoms with Crippen molar-refractivity contribution in [1.82, 2.24) is 14.9 Å². The van der Waals surface area contributed by atoms with Crippen LogP contribution in [-0.4, -0.2) is 48.2 Å². The van der Waals surface area contributed by atoms with Crippen molar-refractivity contribution in [3.63, 3.8) is 0 Å². The molecule has 0 unspecified atom stereocenters. The summed E-state index contributed by atoms with van der Waals surface area (Å²) >= 11 is 5.88. The van der Waals surface area contributed by atoms with E-state index >= 15 is 0 Å². The summed E-state index contributed by atoms with van der Waals surface area (Å²) in [5.41, 5.74) is 1.60. The Balaban J connectivity index is 1.59. The van der Waals surface area contributed by atoms with Crippen LogP contribution in [0.25, 0.3) is 10.9 Å². The van der Waals surface area contributed by atoms with Crippen molar-refractivity contribution in [2.75, 3.05) is 38.7 Å². The molecule has 0 saturated carbocycles. The molecule has 1 aliphatic heterocycles. The normalized spacial score (nSPS) is 14.2.